The van der Waals surface area contributed by atoms with E-state index in [1.54, 1.807) is 24.3 Å². The molecule has 3 rings (SSSR count). The van der Waals surface area contributed by atoms with Crippen molar-refractivity contribution < 1.29 is 4.79 Å². The van der Waals surface area contributed by atoms with Crippen molar-refractivity contribution in [2.45, 2.75) is 13.1 Å². The van der Waals surface area contributed by atoms with Crippen LogP contribution in [0.3, 0.4) is 0 Å². The van der Waals surface area contributed by atoms with Gasteiger partial charge < -0.3 is 4.90 Å². The third-order valence-corrected chi connectivity index (χ3v) is 4.26. The molecule has 0 aliphatic carbocycles. The molecule has 2 aromatic rings. The van der Waals surface area contributed by atoms with Crippen LogP contribution in [0, 0.1) is 0 Å². The monoisotopic (exact) mass is 335 g/mol. The largest absolute Gasteiger partial charge is 0.330 e. The number of halogens is 2. The first-order valence-corrected chi connectivity index (χ1v) is 7.13. The van der Waals surface area contributed by atoms with Crippen molar-refractivity contribution in [1.29, 1.82) is 0 Å². The van der Waals surface area contributed by atoms with Crippen LogP contribution >= 0.6 is 27.5 Å². The summed E-state index contributed by atoms with van der Waals surface area (Å²) in [4.78, 5) is 14.3. The standard InChI is InChI=1S/C15H11BrClNO/c16-14-6-2-4-11-8-18(9-13(11)14)15(19)10-3-1-5-12(17)7-10/h1-7H,8-9H2. The number of hydrogen-bond donors (Lipinski definition) is 0. The molecule has 0 fully saturated rings. The average molecular weight is 337 g/mol. The second kappa shape index (κ2) is 4.99. The van der Waals surface area contributed by atoms with E-state index in [4.69, 9.17) is 11.6 Å². The summed E-state index contributed by atoms with van der Waals surface area (Å²) in [6.45, 7) is 1.29. The number of benzene rings is 2. The lowest BCUT2D eigenvalue weighted by atomic mass is 10.1. The van der Waals surface area contributed by atoms with Gasteiger partial charge in [0, 0.05) is 28.1 Å². The van der Waals surface area contributed by atoms with Crippen LogP contribution in [-0.2, 0) is 13.1 Å². The van der Waals surface area contributed by atoms with Crippen LogP contribution in [0.15, 0.2) is 46.9 Å². The number of amides is 1. The molecule has 0 radical (unpaired) electrons. The minimum absolute atomic E-state index is 0.0191. The van der Waals surface area contributed by atoms with Gasteiger partial charge in [-0.2, -0.15) is 0 Å². The number of carbonyl (C=O) groups excluding carboxylic acids is 1. The third kappa shape index (κ3) is 2.40. The van der Waals surface area contributed by atoms with Gasteiger partial charge in [0.1, 0.15) is 0 Å². The van der Waals surface area contributed by atoms with Gasteiger partial charge in [-0.15, -0.1) is 0 Å². The van der Waals surface area contributed by atoms with Gasteiger partial charge in [0.05, 0.1) is 0 Å². The maximum atomic E-state index is 12.4. The predicted octanol–water partition coefficient (Wildman–Crippen LogP) is 4.26. The van der Waals surface area contributed by atoms with E-state index in [1.165, 1.54) is 11.1 Å². The van der Waals surface area contributed by atoms with Crippen LogP contribution in [-0.4, -0.2) is 10.8 Å². The number of fused-ring (bicyclic) bond motifs is 1. The first-order valence-electron chi connectivity index (χ1n) is 5.96. The van der Waals surface area contributed by atoms with E-state index in [0.29, 0.717) is 23.7 Å². The van der Waals surface area contributed by atoms with Crippen LogP contribution in [0.25, 0.3) is 0 Å². The molecule has 19 heavy (non-hydrogen) atoms. The predicted molar refractivity (Wildman–Crippen MR) is 79.2 cm³/mol. The molecular weight excluding hydrogens is 326 g/mol. The van der Waals surface area contributed by atoms with Crippen LogP contribution in [0.1, 0.15) is 21.5 Å². The maximum absolute atomic E-state index is 12.4. The summed E-state index contributed by atoms with van der Waals surface area (Å²) in [7, 11) is 0. The Kier molecular flexibility index (Phi) is 3.33. The summed E-state index contributed by atoms with van der Waals surface area (Å²) < 4.78 is 1.06. The molecule has 0 saturated heterocycles. The molecular formula is C15H11BrClNO. The van der Waals surface area contributed by atoms with Gasteiger partial charge in [-0.1, -0.05) is 45.7 Å². The fraction of sp³-hybridized carbons (Fsp3) is 0.133. The first-order chi connectivity index (χ1) is 9.15. The van der Waals surface area contributed by atoms with Crippen molar-refractivity contribution in [3.05, 3.63) is 68.7 Å². The molecule has 1 aliphatic heterocycles. The van der Waals surface area contributed by atoms with Crippen LogP contribution in [0.5, 0.6) is 0 Å². The number of carbonyl (C=O) groups is 1. The van der Waals surface area contributed by atoms with E-state index < -0.39 is 0 Å². The lowest BCUT2D eigenvalue weighted by Crippen LogP contribution is -2.25. The number of nitrogens with zero attached hydrogens (tertiary/aromatic N) is 1. The maximum Gasteiger partial charge on any atom is 0.254 e. The number of rotatable bonds is 1. The Balaban J connectivity index is 1.87. The zero-order valence-corrected chi connectivity index (χ0v) is 12.4. The van der Waals surface area contributed by atoms with Crippen molar-refractivity contribution in [2.24, 2.45) is 0 Å². The molecule has 0 saturated carbocycles. The Morgan fingerprint density at radius 3 is 2.68 bits per heavy atom. The highest BCUT2D eigenvalue weighted by molar-refractivity contribution is 9.10. The molecule has 0 atom stereocenters. The summed E-state index contributed by atoms with van der Waals surface area (Å²) >= 11 is 9.46. The van der Waals surface area contributed by atoms with Gasteiger partial charge in [0.2, 0.25) is 0 Å². The van der Waals surface area contributed by atoms with Crippen molar-refractivity contribution in [3.63, 3.8) is 0 Å². The Morgan fingerprint density at radius 2 is 1.95 bits per heavy atom. The molecule has 2 nitrogen and oxygen atoms in total. The minimum Gasteiger partial charge on any atom is -0.330 e. The molecule has 1 heterocycles. The zero-order valence-electron chi connectivity index (χ0n) is 10.1. The lowest BCUT2D eigenvalue weighted by Gasteiger charge is -2.15. The van der Waals surface area contributed by atoms with Crippen LogP contribution < -0.4 is 0 Å². The van der Waals surface area contributed by atoms with Gasteiger partial charge in [-0.25, -0.2) is 0 Å². The quantitative estimate of drug-likeness (QED) is 0.762. The highest BCUT2D eigenvalue weighted by Gasteiger charge is 2.25. The van der Waals surface area contributed by atoms with E-state index >= 15 is 0 Å². The molecule has 0 bridgehead atoms. The fourth-order valence-corrected chi connectivity index (χ4v) is 3.05. The molecule has 1 amide bonds. The topological polar surface area (TPSA) is 20.3 Å². The summed E-state index contributed by atoms with van der Waals surface area (Å²) in [5.74, 6) is 0.0191. The summed E-state index contributed by atoms with van der Waals surface area (Å²) in [6, 6.07) is 13.1. The molecule has 0 N–H and O–H groups in total. The van der Waals surface area contributed by atoms with Gasteiger partial charge in [-0.05, 0) is 35.4 Å². The second-order valence-corrected chi connectivity index (χ2v) is 5.84. The van der Waals surface area contributed by atoms with Crippen LogP contribution in [0.2, 0.25) is 5.02 Å². The van der Waals surface area contributed by atoms with E-state index in [2.05, 4.69) is 22.0 Å². The van der Waals surface area contributed by atoms with Crippen LogP contribution in [0.4, 0.5) is 0 Å². The highest BCUT2D eigenvalue weighted by atomic mass is 79.9. The van der Waals surface area contributed by atoms with E-state index in [1.807, 2.05) is 17.0 Å². The van der Waals surface area contributed by atoms with Crippen molar-refractivity contribution in [3.8, 4) is 0 Å². The molecule has 0 unspecified atom stereocenters. The molecule has 4 heteroatoms. The SMILES string of the molecule is O=C(c1cccc(Cl)c1)N1Cc2cccc(Br)c2C1. The van der Waals surface area contributed by atoms with E-state index in [-0.39, 0.29) is 5.91 Å². The summed E-state index contributed by atoms with van der Waals surface area (Å²) in [5, 5.41) is 0.587. The van der Waals surface area contributed by atoms with Crippen molar-refractivity contribution >= 4 is 33.4 Å². The summed E-state index contributed by atoms with van der Waals surface area (Å²) in [5.41, 5.74) is 3.03. The zero-order chi connectivity index (χ0) is 13.4. The second-order valence-electron chi connectivity index (χ2n) is 4.55. The van der Waals surface area contributed by atoms with E-state index in [9.17, 15) is 4.79 Å². The molecule has 0 spiro atoms. The Morgan fingerprint density at radius 1 is 1.16 bits per heavy atom. The highest BCUT2D eigenvalue weighted by Crippen LogP contribution is 2.30. The molecule has 0 aromatic heterocycles. The smallest absolute Gasteiger partial charge is 0.254 e. The van der Waals surface area contributed by atoms with Crippen molar-refractivity contribution in [2.75, 3.05) is 0 Å². The lowest BCUT2D eigenvalue weighted by molar-refractivity contribution is 0.0751. The van der Waals surface area contributed by atoms with E-state index in [0.717, 1.165) is 4.47 Å². The normalized spacial score (nSPS) is 13.5. The fourth-order valence-electron chi connectivity index (χ4n) is 2.33. The van der Waals surface area contributed by atoms with Gasteiger partial charge in [0.25, 0.3) is 5.91 Å². The van der Waals surface area contributed by atoms with Gasteiger partial charge in [0.15, 0.2) is 0 Å². The van der Waals surface area contributed by atoms with Gasteiger partial charge >= 0.3 is 0 Å². The molecule has 1 aliphatic rings. The van der Waals surface area contributed by atoms with Gasteiger partial charge in [-0.3, -0.25) is 4.79 Å². The minimum atomic E-state index is 0.0191. The number of hydrogen-bond acceptors (Lipinski definition) is 1. The molecule has 96 valence electrons. The average Bonchev–Trinajstić information content (AvgIpc) is 2.83. The summed E-state index contributed by atoms with van der Waals surface area (Å²) in [6.07, 6.45) is 0. The Labute approximate surface area is 125 Å². The Bertz CT molecular complexity index is 656. The first kappa shape index (κ1) is 12.7. The van der Waals surface area contributed by atoms with Crippen molar-refractivity contribution in [1.82, 2.24) is 4.90 Å². The molecule has 2 aromatic carbocycles. The third-order valence-electron chi connectivity index (χ3n) is 3.28. The Hall–Kier alpha value is -1.32.